The minimum absolute atomic E-state index is 0.126. The molecular formula is C23H26N2O3S. The van der Waals surface area contributed by atoms with E-state index in [4.69, 9.17) is 9.15 Å². The molecule has 1 amide bonds. The normalized spacial score (nSPS) is 17.0. The molecule has 152 valence electrons. The number of ether oxygens (including phenoxy) is 1. The molecule has 5 nitrogen and oxygen atoms in total. The smallest absolute Gasteiger partial charge is 0.256 e. The van der Waals surface area contributed by atoms with Gasteiger partial charge in [0.15, 0.2) is 5.58 Å². The topological polar surface area (TPSA) is 64.4 Å². The van der Waals surface area contributed by atoms with Crippen molar-refractivity contribution >= 4 is 34.5 Å². The third-order valence-electron chi connectivity index (χ3n) is 4.87. The van der Waals surface area contributed by atoms with E-state index in [2.05, 4.69) is 31.1 Å². The van der Waals surface area contributed by atoms with Gasteiger partial charge in [0.2, 0.25) is 5.89 Å². The quantitative estimate of drug-likeness (QED) is 0.551. The molecule has 4 rings (SSSR count). The molecular weight excluding hydrogens is 384 g/mol. The van der Waals surface area contributed by atoms with E-state index in [1.165, 1.54) is 0 Å². The Morgan fingerprint density at radius 1 is 1.24 bits per heavy atom. The number of carbonyl (C=O) groups is 1. The molecule has 1 N–H and O–H groups in total. The first-order valence-corrected chi connectivity index (χ1v) is 10.9. The number of nitrogens with one attached hydrogen (secondary N) is 1. The number of nitrogens with zero attached hydrogens (tertiary/aromatic N) is 1. The average Bonchev–Trinajstić information content (AvgIpc) is 3.35. The molecule has 0 bridgehead atoms. The summed E-state index contributed by atoms with van der Waals surface area (Å²) >= 11 is 1.68. The van der Waals surface area contributed by atoms with Crippen LogP contribution in [-0.4, -0.2) is 29.4 Å². The van der Waals surface area contributed by atoms with Gasteiger partial charge in [0.1, 0.15) is 5.52 Å². The standard InChI is InChI=1S/C23H26N2O3S/c1-23(2,3)22-25-18-13-15(10-11-19(18)28-22)24-21(26)17-8-4-5-9-20(17)29-14-16-7-6-12-27-16/h4-5,8-11,13,16H,6-7,12,14H2,1-3H3,(H,24,26). The zero-order chi connectivity index (χ0) is 20.4. The van der Waals surface area contributed by atoms with E-state index >= 15 is 0 Å². The van der Waals surface area contributed by atoms with E-state index in [1.54, 1.807) is 11.8 Å². The Morgan fingerprint density at radius 2 is 2.07 bits per heavy atom. The van der Waals surface area contributed by atoms with Gasteiger partial charge >= 0.3 is 0 Å². The Balaban J connectivity index is 1.50. The number of hydrogen-bond donors (Lipinski definition) is 1. The van der Waals surface area contributed by atoms with Gasteiger partial charge in [-0.15, -0.1) is 11.8 Å². The summed E-state index contributed by atoms with van der Waals surface area (Å²) in [6.07, 6.45) is 2.49. The molecule has 2 heterocycles. The highest BCUT2D eigenvalue weighted by Crippen LogP contribution is 2.29. The molecule has 1 fully saturated rings. The fourth-order valence-electron chi connectivity index (χ4n) is 3.26. The van der Waals surface area contributed by atoms with Crippen LogP contribution in [0.25, 0.3) is 11.1 Å². The number of amides is 1. The van der Waals surface area contributed by atoms with E-state index in [9.17, 15) is 4.79 Å². The van der Waals surface area contributed by atoms with E-state index in [1.807, 2.05) is 42.5 Å². The van der Waals surface area contributed by atoms with E-state index in [-0.39, 0.29) is 17.4 Å². The summed E-state index contributed by atoms with van der Waals surface area (Å²) in [5, 5.41) is 3.00. The van der Waals surface area contributed by atoms with Crippen LogP contribution >= 0.6 is 11.8 Å². The Hall–Kier alpha value is -2.31. The molecule has 1 aliphatic heterocycles. The molecule has 0 aliphatic carbocycles. The Bertz CT molecular complexity index is 1020. The third-order valence-corrected chi connectivity index (χ3v) is 6.07. The lowest BCUT2D eigenvalue weighted by atomic mass is 9.97. The highest BCUT2D eigenvalue weighted by molar-refractivity contribution is 7.99. The first kappa shape index (κ1) is 20.0. The maximum Gasteiger partial charge on any atom is 0.256 e. The minimum atomic E-state index is -0.165. The summed E-state index contributed by atoms with van der Waals surface area (Å²) in [7, 11) is 0. The van der Waals surface area contributed by atoms with E-state index < -0.39 is 0 Å². The Labute approximate surface area is 175 Å². The first-order chi connectivity index (χ1) is 13.9. The zero-order valence-electron chi connectivity index (χ0n) is 17.0. The highest BCUT2D eigenvalue weighted by Gasteiger charge is 2.21. The van der Waals surface area contributed by atoms with Gasteiger partial charge in [-0.2, -0.15) is 0 Å². The molecule has 1 aromatic heterocycles. The van der Waals surface area contributed by atoms with Crippen molar-refractivity contribution in [3.8, 4) is 0 Å². The van der Waals surface area contributed by atoms with Crippen LogP contribution in [0.2, 0.25) is 0 Å². The summed E-state index contributed by atoms with van der Waals surface area (Å²) < 4.78 is 11.5. The van der Waals surface area contributed by atoms with Crippen molar-refractivity contribution in [1.29, 1.82) is 0 Å². The molecule has 0 radical (unpaired) electrons. The van der Waals surface area contributed by atoms with Gasteiger partial charge in [0, 0.05) is 28.4 Å². The monoisotopic (exact) mass is 410 g/mol. The summed E-state index contributed by atoms with van der Waals surface area (Å²) in [5.74, 6) is 1.43. The van der Waals surface area contributed by atoms with Gasteiger partial charge in [-0.25, -0.2) is 4.98 Å². The summed E-state index contributed by atoms with van der Waals surface area (Å²) in [5.41, 5.74) is 2.68. The number of aromatic nitrogens is 1. The second-order valence-corrected chi connectivity index (χ2v) is 9.41. The van der Waals surface area contributed by atoms with Gasteiger partial charge in [0.05, 0.1) is 11.7 Å². The van der Waals surface area contributed by atoms with Crippen LogP contribution in [-0.2, 0) is 10.2 Å². The number of hydrogen-bond acceptors (Lipinski definition) is 5. The van der Waals surface area contributed by atoms with Crippen LogP contribution in [0.3, 0.4) is 0 Å². The lowest BCUT2D eigenvalue weighted by molar-refractivity contribution is 0.102. The largest absolute Gasteiger partial charge is 0.440 e. The van der Waals surface area contributed by atoms with Crippen molar-refractivity contribution in [2.75, 3.05) is 17.7 Å². The van der Waals surface area contributed by atoms with Crippen molar-refractivity contribution in [3.63, 3.8) is 0 Å². The van der Waals surface area contributed by atoms with Gasteiger partial charge in [-0.3, -0.25) is 4.79 Å². The molecule has 0 spiro atoms. The van der Waals surface area contributed by atoms with E-state index in [0.717, 1.165) is 41.2 Å². The molecule has 2 aromatic carbocycles. The number of anilines is 1. The lowest BCUT2D eigenvalue weighted by Gasteiger charge is -2.12. The van der Waals surface area contributed by atoms with Crippen LogP contribution in [0.5, 0.6) is 0 Å². The molecule has 1 aliphatic rings. The fourth-order valence-corrected chi connectivity index (χ4v) is 4.38. The number of fused-ring (bicyclic) bond motifs is 1. The fraction of sp³-hybridized carbons (Fsp3) is 0.391. The van der Waals surface area contributed by atoms with Gasteiger partial charge in [-0.1, -0.05) is 32.9 Å². The van der Waals surface area contributed by atoms with Crippen molar-refractivity contribution in [2.24, 2.45) is 0 Å². The molecule has 29 heavy (non-hydrogen) atoms. The van der Waals surface area contributed by atoms with Gasteiger partial charge < -0.3 is 14.5 Å². The van der Waals surface area contributed by atoms with Crippen molar-refractivity contribution in [3.05, 3.63) is 53.9 Å². The highest BCUT2D eigenvalue weighted by atomic mass is 32.2. The second kappa shape index (κ2) is 8.20. The van der Waals surface area contributed by atoms with Crippen LogP contribution in [0.1, 0.15) is 49.9 Å². The molecule has 3 aromatic rings. The second-order valence-electron chi connectivity index (χ2n) is 8.35. The summed E-state index contributed by atoms with van der Waals surface area (Å²) in [6, 6.07) is 13.3. The number of carbonyl (C=O) groups excluding carboxylic acids is 1. The SMILES string of the molecule is CC(C)(C)c1nc2cc(NC(=O)c3ccccc3SCC3CCCO3)ccc2o1. The van der Waals surface area contributed by atoms with Gasteiger partial charge in [0.25, 0.3) is 5.91 Å². The Morgan fingerprint density at radius 3 is 2.83 bits per heavy atom. The van der Waals surface area contributed by atoms with Crippen LogP contribution in [0, 0.1) is 0 Å². The number of benzene rings is 2. The number of thioether (sulfide) groups is 1. The maximum atomic E-state index is 12.9. The van der Waals surface area contributed by atoms with Crippen molar-refractivity contribution in [1.82, 2.24) is 4.98 Å². The Kier molecular flexibility index (Phi) is 5.65. The molecule has 1 saturated heterocycles. The van der Waals surface area contributed by atoms with E-state index in [0.29, 0.717) is 17.1 Å². The maximum absolute atomic E-state index is 12.9. The molecule has 6 heteroatoms. The van der Waals surface area contributed by atoms with Crippen LogP contribution < -0.4 is 5.32 Å². The zero-order valence-corrected chi connectivity index (χ0v) is 17.8. The predicted molar refractivity (Wildman–Crippen MR) is 117 cm³/mol. The number of oxazole rings is 1. The van der Waals surface area contributed by atoms with Crippen molar-refractivity contribution < 1.29 is 13.9 Å². The van der Waals surface area contributed by atoms with Gasteiger partial charge in [-0.05, 0) is 43.2 Å². The lowest BCUT2D eigenvalue weighted by Crippen LogP contribution is -2.14. The molecule has 1 unspecified atom stereocenters. The summed E-state index contributed by atoms with van der Waals surface area (Å²) in [6.45, 7) is 7.03. The average molecular weight is 411 g/mol. The van der Waals surface area contributed by atoms with Crippen molar-refractivity contribution in [2.45, 2.75) is 50.0 Å². The van der Waals surface area contributed by atoms with Crippen LogP contribution in [0.4, 0.5) is 5.69 Å². The number of rotatable bonds is 5. The van der Waals surface area contributed by atoms with Crippen LogP contribution in [0.15, 0.2) is 51.8 Å². The predicted octanol–water partition coefficient (Wildman–Crippen LogP) is 5.65. The molecule has 1 atom stereocenters. The first-order valence-electron chi connectivity index (χ1n) is 9.96. The third kappa shape index (κ3) is 4.65. The minimum Gasteiger partial charge on any atom is -0.440 e. The summed E-state index contributed by atoms with van der Waals surface area (Å²) in [4.78, 5) is 18.5. The molecule has 0 saturated carbocycles.